The second kappa shape index (κ2) is 8.63. The summed E-state index contributed by atoms with van der Waals surface area (Å²) >= 11 is 0. The molecular weight excluding hydrogens is 234 g/mol. The van der Waals surface area contributed by atoms with E-state index in [0.717, 1.165) is 5.56 Å². The summed E-state index contributed by atoms with van der Waals surface area (Å²) < 4.78 is 9.84. The van der Waals surface area contributed by atoms with Crippen molar-refractivity contribution in [3.05, 3.63) is 35.9 Å². The molecule has 1 atom stereocenters. The van der Waals surface area contributed by atoms with Gasteiger partial charge in [-0.1, -0.05) is 30.3 Å². The maximum absolute atomic E-state index is 11.4. The largest absolute Gasteiger partial charge is 0.387 e. The van der Waals surface area contributed by atoms with E-state index in [0.29, 0.717) is 13.2 Å². The Morgan fingerprint density at radius 3 is 2.72 bits per heavy atom. The van der Waals surface area contributed by atoms with Crippen LogP contribution in [0.5, 0.6) is 0 Å². The van der Waals surface area contributed by atoms with E-state index in [1.807, 2.05) is 30.3 Å². The highest BCUT2D eigenvalue weighted by atomic mass is 16.5. The lowest BCUT2D eigenvalue weighted by molar-refractivity contribution is -0.126. The van der Waals surface area contributed by atoms with Crippen molar-refractivity contribution in [2.24, 2.45) is 0 Å². The highest BCUT2D eigenvalue weighted by Gasteiger charge is 2.08. The summed E-state index contributed by atoms with van der Waals surface area (Å²) in [6, 6.07) is 9.18. The van der Waals surface area contributed by atoms with E-state index in [9.17, 15) is 9.90 Å². The lowest BCUT2D eigenvalue weighted by Gasteiger charge is -2.12. The number of aliphatic hydroxyl groups excluding tert-OH is 1. The number of aliphatic hydroxyl groups is 1. The van der Waals surface area contributed by atoms with Crippen LogP contribution in [0.25, 0.3) is 0 Å². The zero-order chi connectivity index (χ0) is 13.2. The van der Waals surface area contributed by atoms with Crippen molar-refractivity contribution in [2.75, 3.05) is 33.5 Å². The molecule has 1 rings (SSSR count). The number of rotatable bonds is 8. The summed E-state index contributed by atoms with van der Waals surface area (Å²) in [5.74, 6) is -0.249. The quantitative estimate of drug-likeness (QED) is 0.662. The molecule has 2 N–H and O–H groups in total. The average Bonchev–Trinajstić information content (AvgIpc) is 2.42. The zero-order valence-corrected chi connectivity index (χ0v) is 10.5. The van der Waals surface area contributed by atoms with Crippen LogP contribution in [-0.2, 0) is 14.3 Å². The van der Waals surface area contributed by atoms with Crippen molar-refractivity contribution in [1.29, 1.82) is 0 Å². The summed E-state index contributed by atoms with van der Waals surface area (Å²) in [5.41, 5.74) is 0.776. The molecule has 0 heterocycles. The van der Waals surface area contributed by atoms with Crippen molar-refractivity contribution >= 4 is 5.91 Å². The fraction of sp³-hybridized carbons (Fsp3) is 0.462. The lowest BCUT2D eigenvalue weighted by atomic mass is 10.1. The summed E-state index contributed by atoms with van der Waals surface area (Å²) in [6.45, 7) is 0.992. The third-order valence-corrected chi connectivity index (χ3v) is 2.34. The minimum Gasteiger partial charge on any atom is -0.387 e. The summed E-state index contributed by atoms with van der Waals surface area (Å²) in [5, 5.41) is 12.4. The monoisotopic (exact) mass is 253 g/mol. The minimum atomic E-state index is -0.700. The standard InChI is InChI=1S/C13H19NO4/c1-17-7-8-18-10-13(16)14-9-12(15)11-5-3-2-4-6-11/h2-6,12,15H,7-10H2,1H3,(H,14,16). The van der Waals surface area contributed by atoms with Gasteiger partial charge in [-0.3, -0.25) is 4.79 Å². The van der Waals surface area contributed by atoms with Gasteiger partial charge in [0, 0.05) is 13.7 Å². The molecule has 5 heteroatoms. The van der Waals surface area contributed by atoms with E-state index in [-0.39, 0.29) is 19.1 Å². The number of hydrogen-bond acceptors (Lipinski definition) is 4. The number of ether oxygens (including phenoxy) is 2. The van der Waals surface area contributed by atoms with E-state index in [2.05, 4.69) is 5.32 Å². The summed E-state index contributed by atoms with van der Waals surface area (Å²) in [4.78, 5) is 11.4. The van der Waals surface area contributed by atoms with Crippen LogP contribution in [0.2, 0.25) is 0 Å². The maximum Gasteiger partial charge on any atom is 0.246 e. The van der Waals surface area contributed by atoms with Gasteiger partial charge in [-0.05, 0) is 5.56 Å². The van der Waals surface area contributed by atoms with Gasteiger partial charge in [0.1, 0.15) is 6.61 Å². The third-order valence-electron chi connectivity index (χ3n) is 2.34. The summed E-state index contributed by atoms with van der Waals surface area (Å²) in [6.07, 6.45) is -0.700. The molecule has 1 unspecified atom stereocenters. The highest BCUT2D eigenvalue weighted by Crippen LogP contribution is 2.10. The topological polar surface area (TPSA) is 67.8 Å². The molecule has 0 aliphatic rings. The Balaban J connectivity index is 2.18. The molecule has 100 valence electrons. The van der Waals surface area contributed by atoms with Crippen LogP contribution in [0.4, 0.5) is 0 Å². The first-order valence-electron chi connectivity index (χ1n) is 5.80. The molecule has 1 aromatic rings. The normalized spacial score (nSPS) is 12.1. The van der Waals surface area contributed by atoms with Gasteiger partial charge in [-0.25, -0.2) is 0 Å². The Morgan fingerprint density at radius 2 is 2.06 bits per heavy atom. The second-order valence-electron chi connectivity index (χ2n) is 3.78. The highest BCUT2D eigenvalue weighted by molar-refractivity contribution is 5.77. The predicted molar refractivity (Wildman–Crippen MR) is 67.1 cm³/mol. The minimum absolute atomic E-state index is 0.0229. The molecule has 0 saturated heterocycles. The maximum atomic E-state index is 11.4. The van der Waals surface area contributed by atoms with E-state index in [4.69, 9.17) is 9.47 Å². The zero-order valence-electron chi connectivity index (χ0n) is 10.5. The number of carbonyl (C=O) groups is 1. The molecule has 0 radical (unpaired) electrons. The third kappa shape index (κ3) is 5.77. The number of carbonyl (C=O) groups excluding carboxylic acids is 1. The Kier molecular flexibility index (Phi) is 7.01. The number of hydrogen-bond donors (Lipinski definition) is 2. The molecular formula is C13H19NO4. The van der Waals surface area contributed by atoms with Crippen LogP contribution in [0.3, 0.4) is 0 Å². The summed E-state index contributed by atoms with van der Waals surface area (Å²) in [7, 11) is 1.57. The van der Waals surface area contributed by atoms with Crippen LogP contribution in [0.15, 0.2) is 30.3 Å². The van der Waals surface area contributed by atoms with Gasteiger partial charge >= 0.3 is 0 Å². The first kappa shape index (κ1) is 14.6. The van der Waals surface area contributed by atoms with Crippen LogP contribution < -0.4 is 5.32 Å². The van der Waals surface area contributed by atoms with Crippen LogP contribution >= 0.6 is 0 Å². The molecule has 0 saturated carbocycles. The molecule has 0 spiro atoms. The Hall–Kier alpha value is -1.43. The molecule has 18 heavy (non-hydrogen) atoms. The fourth-order valence-corrected chi connectivity index (χ4v) is 1.36. The van der Waals surface area contributed by atoms with E-state index >= 15 is 0 Å². The van der Waals surface area contributed by atoms with Crippen molar-refractivity contribution in [3.8, 4) is 0 Å². The van der Waals surface area contributed by atoms with E-state index < -0.39 is 6.10 Å². The number of nitrogens with one attached hydrogen (secondary N) is 1. The SMILES string of the molecule is COCCOCC(=O)NCC(O)c1ccccc1. The molecule has 0 bridgehead atoms. The first-order chi connectivity index (χ1) is 8.74. The van der Waals surface area contributed by atoms with Gasteiger partial charge in [0.25, 0.3) is 0 Å². The Morgan fingerprint density at radius 1 is 1.33 bits per heavy atom. The van der Waals surface area contributed by atoms with Gasteiger partial charge in [0.15, 0.2) is 0 Å². The molecule has 0 fully saturated rings. The second-order valence-corrected chi connectivity index (χ2v) is 3.78. The molecule has 1 aromatic carbocycles. The van der Waals surface area contributed by atoms with Gasteiger partial charge in [0.2, 0.25) is 5.91 Å². The predicted octanol–water partition coefficient (Wildman–Crippen LogP) is 0.499. The lowest BCUT2D eigenvalue weighted by Crippen LogP contribution is -2.31. The van der Waals surface area contributed by atoms with Crippen molar-refractivity contribution in [2.45, 2.75) is 6.10 Å². The smallest absolute Gasteiger partial charge is 0.246 e. The number of amides is 1. The van der Waals surface area contributed by atoms with Crippen LogP contribution in [-0.4, -0.2) is 44.5 Å². The fourth-order valence-electron chi connectivity index (χ4n) is 1.36. The van der Waals surface area contributed by atoms with E-state index in [1.54, 1.807) is 7.11 Å². The molecule has 0 aliphatic carbocycles. The molecule has 0 aliphatic heterocycles. The van der Waals surface area contributed by atoms with Crippen molar-refractivity contribution in [3.63, 3.8) is 0 Å². The van der Waals surface area contributed by atoms with Crippen LogP contribution in [0.1, 0.15) is 11.7 Å². The van der Waals surface area contributed by atoms with Crippen molar-refractivity contribution < 1.29 is 19.4 Å². The van der Waals surface area contributed by atoms with Gasteiger partial charge in [-0.15, -0.1) is 0 Å². The van der Waals surface area contributed by atoms with Gasteiger partial charge in [-0.2, -0.15) is 0 Å². The van der Waals surface area contributed by atoms with Crippen molar-refractivity contribution in [1.82, 2.24) is 5.32 Å². The van der Waals surface area contributed by atoms with Gasteiger partial charge in [0.05, 0.1) is 19.3 Å². The number of methoxy groups -OCH3 is 1. The Bertz CT molecular complexity index is 342. The molecule has 5 nitrogen and oxygen atoms in total. The van der Waals surface area contributed by atoms with Crippen LogP contribution in [0, 0.1) is 0 Å². The van der Waals surface area contributed by atoms with E-state index in [1.165, 1.54) is 0 Å². The average molecular weight is 253 g/mol. The first-order valence-corrected chi connectivity index (χ1v) is 5.80. The van der Waals surface area contributed by atoms with Gasteiger partial charge < -0.3 is 19.9 Å². The molecule has 0 aromatic heterocycles. The molecule has 1 amide bonds. The number of benzene rings is 1. The Labute approximate surface area is 107 Å².